The van der Waals surface area contributed by atoms with Crippen LogP contribution in [0.25, 0.3) is 0 Å². The summed E-state index contributed by atoms with van der Waals surface area (Å²) in [4.78, 5) is 43.7. The highest BCUT2D eigenvalue weighted by Gasteiger charge is 2.52. The van der Waals surface area contributed by atoms with E-state index in [0.29, 0.717) is 61.0 Å². The number of nitrogens with zero attached hydrogens (tertiary/aromatic N) is 2. The molecule has 2 aromatic rings. The number of fused-ring (bicyclic) bond motifs is 1. The van der Waals surface area contributed by atoms with E-state index in [1.165, 1.54) is 14.2 Å². The first-order chi connectivity index (χ1) is 19.4. The van der Waals surface area contributed by atoms with Gasteiger partial charge in [0.05, 0.1) is 40.3 Å². The van der Waals surface area contributed by atoms with Crippen LogP contribution in [0.3, 0.4) is 0 Å². The van der Waals surface area contributed by atoms with E-state index in [1.54, 1.807) is 41.2 Å². The van der Waals surface area contributed by atoms with Crippen molar-refractivity contribution in [1.82, 2.24) is 4.90 Å². The number of carboxylic acid groups (broad SMARTS) is 1. The number of methoxy groups -OCH3 is 3. The summed E-state index contributed by atoms with van der Waals surface area (Å²) in [5.41, 5.74) is -0.219. The molecule has 0 radical (unpaired) electrons. The largest absolute Gasteiger partial charge is 0.497 e. The van der Waals surface area contributed by atoms with Crippen molar-refractivity contribution in [3.63, 3.8) is 0 Å². The highest BCUT2D eigenvalue weighted by molar-refractivity contribution is 6.04. The van der Waals surface area contributed by atoms with Crippen LogP contribution in [-0.2, 0) is 31.3 Å². The molecule has 0 bridgehead atoms. The van der Waals surface area contributed by atoms with Gasteiger partial charge in [-0.15, -0.1) is 0 Å². The van der Waals surface area contributed by atoms with Crippen LogP contribution >= 0.6 is 0 Å². The predicted octanol–water partition coefficient (Wildman–Crippen LogP) is 4.23. The van der Waals surface area contributed by atoms with E-state index >= 15 is 0 Å². The lowest BCUT2D eigenvalue weighted by Gasteiger charge is -2.39. The van der Waals surface area contributed by atoms with Crippen LogP contribution in [0.2, 0.25) is 0 Å². The number of benzene rings is 2. The third-order valence-electron chi connectivity index (χ3n) is 7.71. The van der Waals surface area contributed by atoms with Crippen molar-refractivity contribution < 1.29 is 38.4 Å². The maximum Gasteiger partial charge on any atom is 0.306 e. The molecule has 0 saturated carbocycles. The van der Waals surface area contributed by atoms with E-state index in [0.717, 1.165) is 5.56 Å². The molecule has 10 nitrogen and oxygen atoms in total. The van der Waals surface area contributed by atoms with Crippen molar-refractivity contribution in [3.8, 4) is 17.2 Å². The standard InChI is InChI=1S/C31H40N2O8/c1-30(2,3)19-33-24-11-10-22(38-4)16-21(24)18-41-31(29(33)37,23-8-7-9-25(39-5)27(23)40-6)17-26(34)32-14-12-20(13-15-32)28(35)36/h7-11,16,20H,12-15,17-19H2,1-6H3,(H,35,36). The van der Waals surface area contributed by atoms with Gasteiger partial charge in [0, 0.05) is 36.4 Å². The Morgan fingerprint density at radius 1 is 1.05 bits per heavy atom. The number of para-hydroxylation sites is 1. The molecule has 41 heavy (non-hydrogen) atoms. The normalized spacial score (nSPS) is 19.8. The number of carboxylic acids is 1. The van der Waals surface area contributed by atoms with Gasteiger partial charge in [0.2, 0.25) is 5.91 Å². The Morgan fingerprint density at radius 2 is 1.76 bits per heavy atom. The first-order valence-corrected chi connectivity index (χ1v) is 13.8. The molecule has 1 unspecified atom stereocenters. The molecule has 10 heteroatoms. The fourth-order valence-corrected chi connectivity index (χ4v) is 5.61. The molecule has 2 aliphatic rings. The maximum atomic E-state index is 14.9. The summed E-state index contributed by atoms with van der Waals surface area (Å²) < 4.78 is 23.4. The zero-order valence-corrected chi connectivity index (χ0v) is 24.7. The molecule has 2 aromatic carbocycles. The minimum atomic E-state index is -1.75. The third-order valence-corrected chi connectivity index (χ3v) is 7.71. The van der Waals surface area contributed by atoms with E-state index in [4.69, 9.17) is 18.9 Å². The van der Waals surface area contributed by atoms with E-state index in [9.17, 15) is 19.5 Å². The summed E-state index contributed by atoms with van der Waals surface area (Å²) in [5.74, 6) is -0.708. The molecular weight excluding hydrogens is 528 g/mol. The molecule has 0 aromatic heterocycles. The van der Waals surface area contributed by atoms with E-state index in [-0.39, 0.29) is 24.3 Å². The Balaban J connectivity index is 1.86. The van der Waals surface area contributed by atoms with Crippen LogP contribution < -0.4 is 19.1 Å². The number of aliphatic carboxylic acids is 1. The molecule has 0 spiro atoms. The zero-order chi connectivity index (χ0) is 29.9. The maximum absolute atomic E-state index is 14.9. The number of ether oxygens (including phenoxy) is 4. The van der Waals surface area contributed by atoms with Gasteiger partial charge in [-0.25, -0.2) is 0 Å². The summed E-state index contributed by atoms with van der Waals surface area (Å²) in [6.45, 7) is 7.10. The lowest BCUT2D eigenvalue weighted by molar-refractivity contribution is -0.158. The molecule has 2 amide bonds. The number of carbonyl (C=O) groups excluding carboxylic acids is 2. The fourth-order valence-electron chi connectivity index (χ4n) is 5.61. The molecule has 222 valence electrons. The molecule has 0 aliphatic carbocycles. The van der Waals surface area contributed by atoms with Gasteiger partial charge in [0.1, 0.15) is 5.75 Å². The number of hydrogen-bond acceptors (Lipinski definition) is 7. The molecule has 1 fully saturated rings. The van der Waals surface area contributed by atoms with Crippen molar-refractivity contribution in [1.29, 1.82) is 0 Å². The summed E-state index contributed by atoms with van der Waals surface area (Å²) >= 11 is 0. The minimum Gasteiger partial charge on any atom is -0.497 e. The second-order valence-corrected chi connectivity index (χ2v) is 11.8. The molecule has 2 aliphatic heterocycles. The van der Waals surface area contributed by atoms with Crippen molar-refractivity contribution in [2.45, 2.75) is 52.2 Å². The number of likely N-dealkylation sites (tertiary alicyclic amines) is 1. The molecule has 1 N–H and O–H groups in total. The monoisotopic (exact) mass is 568 g/mol. The SMILES string of the molecule is COc1ccc2c(c1)COC(CC(=O)N1CCC(C(=O)O)CC1)(c1cccc(OC)c1OC)C(=O)N2CC(C)(C)C. The number of hydrogen-bond donors (Lipinski definition) is 1. The van der Waals surface area contributed by atoms with Gasteiger partial charge in [-0.05, 0) is 42.5 Å². The van der Waals surface area contributed by atoms with Crippen molar-refractivity contribution in [3.05, 3.63) is 47.5 Å². The van der Waals surface area contributed by atoms with Gasteiger partial charge in [0.25, 0.3) is 5.91 Å². The van der Waals surface area contributed by atoms with Gasteiger partial charge in [-0.3, -0.25) is 14.4 Å². The Labute approximate surface area is 241 Å². The van der Waals surface area contributed by atoms with Crippen molar-refractivity contribution >= 4 is 23.5 Å². The Bertz CT molecular complexity index is 1300. The predicted molar refractivity (Wildman–Crippen MR) is 152 cm³/mol. The smallest absolute Gasteiger partial charge is 0.306 e. The fraction of sp³-hybridized carbons (Fsp3) is 0.516. The van der Waals surface area contributed by atoms with E-state index in [2.05, 4.69) is 0 Å². The van der Waals surface area contributed by atoms with Crippen LogP contribution in [0.15, 0.2) is 36.4 Å². The molecule has 4 rings (SSSR count). The number of anilines is 1. The summed E-state index contributed by atoms with van der Waals surface area (Å²) in [5, 5.41) is 9.42. The molecule has 2 heterocycles. The number of piperidine rings is 1. The van der Waals surface area contributed by atoms with Crippen molar-refractivity contribution in [2.75, 3.05) is 45.9 Å². The van der Waals surface area contributed by atoms with E-state index < -0.39 is 23.4 Å². The van der Waals surface area contributed by atoms with Gasteiger partial charge in [0.15, 0.2) is 17.1 Å². The highest BCUT2D eigenvalue weighted by Crippen LogP contribution is 2.47. The van der Waals surface area contributed by atoms with Gasteiger partial charge in [-0.2, -0.15) is 0 Å². The Morgan fingerprint density at radius 3 is 2.34 bits per heavy atom. The average molecular weight is 569 g/mol. The van der Waals surface area contributed by atoms with E-state index in [1.807, 2.05) is 32.9 Å². The van der Waals surface area contributed by atoms with Crippen LogP contribution in [0.1, 0.15) is 51.2 Å². The summed E-state index contributed by atoms with van der Waals surface area (Å²) in [6.07, 6.45) is 0.415. The van der Waals surface area contributed by atoms with Crippen LogP contribution in [0, 0.1) is 11.3 Å². The first kappa shape index (κ1) is 30.2. The second-order valence-electron chi connectivity index (χ2n) is 11.8. The average Bonchev–Trinajstić information content (AvgIpc) is 3.06. The zero-order valence-electron chi connectivity index (χ0n) is 24.7. The van der Waals surface area contributed by atoms with Crippen LogP contribution in [0.5, 0.6) is 17.2 Å². The van der Waals surface area contributed by atoms with Gasteiger partial charge in [-0.1, -0.05) is 32.9 Å². The summed E-state index contributed by atoms with van der Waals surface area (Å²) in [7, 11) is 4.58. The Kier molecular flexibility index (Phi) is 8.82. The van der Waals surface area contributed by atoms with Crippen LogP contribution in [-0.4, -0.2) is 68.8 Å². The topological polar surface area (TPSA) is 115 Å². The van der Waals surface area contributed by atoms with Gasteiger partial charge < -0.3 is 33.9 Å². The van der Waals surface area contributed by atoms with Gasteiger partial charge >= 0.3 is 5.97 Å². The quantitative estimate of drug-likeness (QED) is 0.503. The first-order valence-electron chi connectivity index (χ1n) is 13.8. The highest BCUT2D eigenvalue weighted by atomic mass is 16.5. The van der Waals surface area contributed by atoms with Crippen molar-refractivity contribution in [2.24, 2.45) is 11.3 Å². The second kappa shape index (κ2) is 12.0. The minimum absolute atomic E-state index is 0.0354. The molecule has 1 saturated heterocycles. The number of carbonyl (C=O) groups is 3. The Hall–Kier alpha value is -3.79. The number of amides is 2. The summed E-state index contributed by atoms with van der Waals surface area (Å²) in [6, 6.07) is 10.7. The third kappa shape index (κ3) is 6.12. The molecule has 1 atom stereocenters. The molecular formula is C31H40N2O8. The van der Waals surface area contributed by atoms with Crippen LogP contribution in [0.4, 0.5) is 5.69 Å². The lowest BCUT2D eigenvalue weighted by atomic mass is 9.85. The lowest BCUT2D eigenvalue weighted by Crippen LogP contribution is -2.53. The number of rotatable bonds is 8.